The molecule has 1 aliphatic heterocycles. The van der Waals surface area contributed by atoms with Gasteiger partial charge in [0, 0.05) is 10.9 Å². The van der Waals surface area contributed by atoms with Crippen LogP contribution in [0.1, 0.15) is 11.1 Å². The lowest BCUT2D eigenvalue weighted by atomic mass is 10.1. The summed E-state index contributed by atoms with van der Waals surface area (Å²) in [5.41, 5.74) is 2.58. The van der Waals surface area contributed by atoms with Gasteiger partial charge in [-0.2, -0.15) is 0 Å². The second-order valence-corrected chi connectivity index (χ2v) is 7.85. The molecule has 1 fully saturated rings. The van der Waals surface area contributed by atoms with E-state index in [9.17, 15) is 4.79 Å². The van der Waals surface area contributed by atoms with Crippen LogP contribution in [0.25, 0.3) is 17.0 Å². The highest BCUT2D eigenvalue weighted by Gasteiger charge is 2.32. The fourth-order valence-corrected chi connectivity index (χ4v) is 4.20. The van der Waals surface area contributed by atoms with Gasteiger partial charge in [0.15, 0.2) is 0 Å². The highest BCUT2D eigenvalue weighted by atomic mass is 35.5. The molecule has 0 radical (unpaired) electrons. The summed E-state index contributed by atoms with van der Waals surface area (Å²) in [7, 11) is 0. The Kier molecular flexibility index (Phi) is 4.76. The number of aromatic nitrogens is 1. The van der Waals surface area contributed by atoms with E-state index in [1.807, 2.05) is 60.7 Å². The van der Waals surface area contributed by atoms with E-state index in [-0.39, 0.29) is 5.91 Å². The molecule has 1 aliphatic rings. The van der Waals surface area contributed by atoms with Crippen LogP contribution in [0.3, 0.4) is 0 Å². The van der Waals surface area contributed by atoms with Gasteiger partial charge < -0.3 is 0 Å². The molecule has 0 spiro atoms. The Bertz CT molecular complexity index is 1050. The van der Waals surface area contributed by atoms with Gasteiger partial charge in [-0.05, 0) is 23.8 Å². The van der Waals surface area contributed by atoms with Gasteiger partial charge in [0.25, 0.3) is 5.91 Å². The Morgan fingerprint density at radius 3 is 2.65 bits per heavy atom. The number of hydrogen-bond donors (Lipinski definition) is 0. The maximum absolute atomic E-state index is 12.8. The molecule has 3 aromatic rings. The maximum Gasteiger partial charge on any atom is 0.266 e. The van der Waals surface area contributed by atoms with E-state index in [0.29, 0.717) is 26.5 Å². The van der Waals surface area contributed by atoms with E-state index in [2.05, 4.69) is 4.98 Å². The van der Waals surface area contributed by atoms with Crippen molar-refractivity contribution in [2.24, 2.45) is 0 Å². The topological polar surface area (TPSA) is 33.2 Å². The summed E-state index contributed by atoms with van der Waals surface area (Å²) < 4.78 is 0.551. The maximum atomic E-state index is 12.8. The number of halogens is 1. The molecule has 1 amide bonds. The van der Waals surface area contributed by atoms with Crippen LogP contribution >= 0.6 is 35.6 Å². The number of rotatable bonds is 3. The van der Waals surface area contributed by atoms with Crippen molar-refractivity contribution in [1.29, 1.82) is 0 Å². The summed E-state index contributed by atoms with van der Waals surface area (Å²) in [6, 6.07) is 19.5. The lowest BCUT2D eigenvalue weighted by Gasteiger charge is -2.14. The van der Waals surface area contributed by atoms with Gasteiger partial charge in [-0.3, -0.25) is 9.69 Å². The molecule has 3 nitrogen and oxygen atoms in total. The van der Waals surface area contributed by atoms with Crippen LogP contribution in [0.5, 0.6) is 0 Å². The third-order valence-electron chi connectivity index (χ3n) is 4.05. The minimum absolute atomic E-state index is 0.104. The summed E-state index contributed by atoms with van der Waals surface area (Å²) in [5.74, 6) is -0.104. The number of para-hydroxylation sites is 1. The number of benzene rings is 2. The molecule has 1 aromatic heterocycles. The molecule has 6 heteroatoms. The standard InChI is InChI=1S/C20H13ClN2OS2/c21-18-15(10-14-8-4-5-9-16(14)22-18)11-17-19(24)23(20(25)26-17)12-13-6-2-1-3-7-13/h1-11H,12H2/b17-11-. The normalized spacial score (nSPS) is 16.0. The van der Waals surface area contributed by atoms with Crippen molar-refractivity contribution in [3.05, 3.63) is 81.8 Å². The average molecular weight is 397 g/mol. The zero-order chi connectivity index (χ0) is 18.1. The number of fused-ring (bicyclic) bond motifs is 1. The van der Waals surface area contributed by atoms with Crippen LogP contribution in [-0.4, -0.2) is 20.1 Å². The third kappa shape index (κ3) is 3.38. The van der Waals surface area contributed by atoms with Crippen LogP contribution in [0, 0.1) is 0 Å². The molecular formula is C20H13ClN2OS2. The second-order valence-electron chi connectivity index (χ2n) is 5.81. The van der Waals surface area contributed by atoms with Crippen molar-refractivity contribution >= 4 is 62.8 Å². The van der Waals surface area contributed by atoms with Gasteiger partial charge >= 0.3 is 0 Å². The van der Waals surface area contributed by atoms with Crippen molar-refractivity contribution in [2.75, 3.05) is 0 Å². The Morgan fingerprint density at radius 1 is 1.12 bits per heavy atom. The predicted octanol–water partition coefficient (Wildman–Crippen LogP) is 5.29. The Balaban J connectivity index is 1.65. The molecular weight excluding hydrogens is 384 g/mol. The molecule has 0 atom stereocenters. The SMILES string of the molecule is O=C1/C(=C/c2cc3ccccc3nc2Cl)SC(=S)N1Cc1ccccc1. The van der Waals surface area contributed by atoms with E-state index in [1.54, 1.807) is 11.0 Å². The van der Waals surface area contributed by atoms with Gasteiger partial charge in [0.2, 0.25) is 0 Å². The lowest BCUT2D eigenvalue weighted by Crippen LogP contribution is -2.27. The number of thiocarbonyl (C=S) groups is 1. The number of hydrogen-bond acceptors (Lipinski definition) is 4. The van der Waals surface area contributed by atoms with Crippen LogP contribution in [-0.2, 0) is 11.3 Å². The zero-order valence-corrected chi connectivity index (χ0v) is 15.9. The molecule has 0 unspecified atom stereocenters. The van der Waals surface area contributed by atoms with Gasteiger partial charge in [-0.25, -0.2) is 4.98 Å². The Morgan fingerprint density at radius 2 is 1.85 bits per heavy atom. The summed E-state index contributed by atoms with van der Waals surface area (Å²) >= 11 is 13.0. The second kappa shape index (κ2) is 7.19. The van der Waals surface area contributed by atoms with Crippen molar-refractivity contribution < 1.29 is 4.79 Å². The number of carbonyl (C=O) groups excluding carboxylic acids is 1. The zero-order valence-electron chi connectivity index (χ0n) is 13.6. The Hall–Kier alpha value is -2.21. The highest BCUT2D eigenvalue weighted by Crippen LogP contribution is 2.35. The molecule has 2 heterocycles. The molecule has 128 valence electrons. The molecule has 0 saturated carbocycles. The van der Waals surface area contributed by atoms with E-state index in [1.165, 1.54) is 11.8 Å². The predicted molar refractivity (Wildman–Crippen MR) is 112 cm³/mol. The van der Waals surface area contributed by atoms with Gasteiger partial charge in [0.05, 0.1) is 17.0 Å². The van der Waals surface area contributed by atoms with Crippen LogP contribution in [0.15, 0.2) is 65.6 Å². The van der Waals surface area contributed by atoms with Crippen LogP contribution in [0.2, 0.25) is 5.15 Å². The molecule has 0 N–H and O–H groups in total. The van der Waals surface area contributed by atoms with E-state index < -0.39 is 0 Å². The average Bonchev–Trinajstić information content (AvgIpc) is 2.91. The molecule has 26 heavy (non-hydrogen) atoms. The number of nitrogens with zero attached hydrogens (tertiary/aromatic N) is 2. The summed E-state index contributed by atoms with van der Waals surface area (Å²) in [6.45, 7) is 0.465. The van der Waals surface area contributed by atoms with E-state index in [4.69, 9.17) is 23.8 Å². The minimum Gasteiger partial charge on any atom is -0.288 e. The molecule has 0 aliphatic carbocycles. The quantitative estimate of drug-likeness (QED) is 0.342. The molecule has 1 saturated heterocycles. The first-order valence-corrected chi connectivity index (χ1v) is 9.57. The number of pyridine rings is 1. The third-order valence-corrected chi connectivity index (χ3v) is 5.73. The monoisotopic (exact) mass is 396 g/mol. The van der Waals surface area contributed by atoms with Gasteiger partial charge in [-0.1, -0.05) is 84.1 Å². The first-order chi connectivity index (χ1) is 12.6. The first-order valence-electron chi connectivity index (χ1n) is 7.96. The first kappa shape index (κ1) is 17.2. The van der Waals surface area contributed by atoms with Crippen molar-refractivity contribution in [3.63, 3.8) is 0 Å². The Labute approximate surface area is 165 Å². The van der Waals surface area contributed by atoms with Crippen molar-refractivity contribution in [2.45, 2.75) is 6.54 Å². The van der Waals surface area contributed by atoms with Crippen molar-refractivity contribution in [3.8, 4) is 0 Å². The highest BCUT2D eigenvalue weighted by molar-refractivity contribution is 8.26. The fourth-order valence-electron chi connectivity index (χ4n) is 2.75. The smallest absolute Gasteiger partial charge is 0.266 e. The number of thioether (sulfide) groups is 1. The van der Waals surface area contributed by atoms with Crippen LogP contribution < -0.4 is 0 Å². The summed E-state index contributed by atoms with van der Waals surface area (Å²) in [6.07, 6.45) is 1.77. The summed E-state index contributed by atoms with van der Waals surface area (Å²) in [4.78, 5) is 19.4. The van der Waals surface area contributed by atoms with Gasteiger partial charge in [-0.15, -0.1) is 0 Å². The molecule has 4 rings (SSSR count). The number of carbonyl (C=O) groups is 1. The largest absolute Gasteiger partial charge is 0.288 e. The lowest BCUT2D eigenvalue weighted by molar-refractivity contribution is -0.122. The fraction of sp³-hybridized carbons (Fsp3) is 0.0500. The molecule has 0 bridgehead atoms. The number of amides is 1. The molecule has 2 aromatic carbocycles. The van der Waals surface area contributed by atoms with E-state index >= 15 is 0 Å². The van der Waals surface area contributed by atoms with E-state index in [0.717, 1.165) is 16.5 Å². The van der Waals surface area contributed by atoms with Crippen LogP contribution in [0.4, 0.5) is 0 Å². The van der Waals surface area contributed by atoms with Crippen molar-refractivity contribution in [1.82, 2.24) is 9.88 Å². The van der Waals surface area contributed by atoms with Gasteiger partial charge in [0.1, 0.15) is 9.47 Å². The summed E-state index contributed by atoms with van der Waals surface area (Å²) in [5, 5.41) is 1.35. The minimum atomic E-state index is -0.104.